The lowest BCUT2D eigenvalue weighted by Crippen LogP contribution is -2.30. The maximum atomic E-state index is 12.3. The Morgan fingerprint density at radius 2 is 2.24 bits per heavy atom. The van der Waals surface area contributed by atoms with Gasteiger partial charge in [0.25, 0.3) is 12.3 Å². The minimum Gasteiger partial charge on any atom is -0.396 e. The molecule has 0 unspecified atom stereocenters. The Morgan fingerprint density at radius 3 is 2.76 bits per heavy atom. The van der Waals surface area contributed by atoms with E-state index >= 15 is 0 Å². The fraction of sp³-hybridized carbons (Fsp3) is 0.600. The molecule has 7 heteroatoms. The van der Waals surface area contributed by atoms with Crippen LogP contribution in [0.1, 0.15) is 24.3 Å². The predicted molar refractivity (Wildman–Crippen MR) is 59.8 cm³/mol. The molecular weight excluding hydrogens is 230 g/mol. The van der Waals surface area contributed by atoms with E-state index in [9.17, 15) is 13.6 Å². The van der Waals surface area contributed by atoms with E-state index in [0.717, 1.165) is 4.68 Å². The zero-order valence-corrected chi connectivity index (χ0v) is 9.78. The van der Waals surface area contributed by atoms with Gasteiger partial charge in [-0.15, -0.1) is 0 Å². The molecule has 96 valence electrons. The second-order valence-corrected chi connectivity index (χ2v) is 4.13. The number of carbonyl (C=O) groups is 1. The highest BCUT2D eigenvalue weighted by Gasteiger charge is 2.19. The molecule has 1 aromatic rings. The zero-order valence-electron chi connectivity index (χ0n) is 9.78. The van der Waals surface area contributed by atoms with Gasteiger partial charge in [-0.3, -0.25) is 9.48 Å². The third kappa shape index (κ3) is 3.69. The number of anilines is 1. The number of nitrogen functional groups attached to an aromatic ring is 1. The molecule has 0 saturated carbocycles. The summed E-state index contributed by atoms with van der Waals surface area (Å²) in [6.45, 7) is 3.68. The van der Waals surface area contributed by atoms with Crippen LogP contribution in [0.5, 0.6) is 0 Å². The summed E-state index contributed by atoms with van der Waals surface area (Å²) in [5, 5.41) is 6.27. The molecule has 0 saturated heterocycles. The van der Waals surface area contributed by atoms with Crippen LogP contribution >= 0.6 is 0 Å². The Kier molecular flexibility index (Phi) is 4.42. The lowest BCUT2D eigenvalue weighted by molar-refractivity contribution is 0.0920. The van der Waals surface area contributed by atoms with E-state index < -0.39 is 18.9 Å². The van der Waals surface area contributed by atoms with Gasteiger partial charge in [0.1, 0.15) is 12.2 Å². The minimum absolute atomic E-state index is 0.00838. The summed E-state index contributed by atoms with van der Waals surface area (Å²) in [5.41, 5.74) is 5.63. The van der Waals surface area contributed by atoms with Crippen LogP contribution in [0.2, 0.25) is 0 Å². The van der Waals surface area contributed by atoms with E-state index in [-0.39, 0.29) is 17.3 Å². The third-order valence-corrected chi connectivity index (χ3v) is 2.06. The van der Waals surface area contributed by atoms with Gasteiger partial charge in [0, 0.05) is 6.54 Å². The highest BCUT2D eigenvalue weighted by molar-refractivity contribution is 5.97. The van der Waals surface area contributed by atoms with E-state index in [1.807, 2.05) is 13.8 Å². The Labute approximate surface area is 98.0 Å². The van der Waals surface area contributed by atoms with E-state index in [4.69, 9.17) is 5.73 Å². The SMILES string of the molecule is CC(C)CNC(=O)c1c(N)cnn1CC(F)F. The molecule has 0 aromatic carbocycles. The van der Waals surface area contributed by atoms with Crippen LogP contribution in [-0.2, 0) is 6.54 Å². The Balaban J connectivity index is 2.80. The molecule has 0 atom stereocenters. The number of hydrogen-bond donors (Lipinski definition) is 2. The molecule has 0 radical (unpaired) electrons. The van der Waals surface area contributed by atoms with Crippen molar-refractivity contribution in [3.63, 3.8) is 0 Å². The molecule has 0 bridgehead atoms. The largest absolute Gasteiger partial charge is 0.396 e. The first-order chi connectivity index (χ1) is 7.91. The van der Waals surface area contributed by atoms with Gasteiger partial charge in [-0.25, -0.2) is 8.78 Å². The van der Waals surface area contributed by atoms with Crippen LogP contribution < -0.4 is 11.1 Å². The standard InChI is InChI=1S/C10H16F2N4O/c1-6(2)3-14-10(17)9-7(13)4-15-16(9)5-8(11)12/h4,6,8H,3,5,13H2,1-2H3,(H,14,17). The molecule has 5 nitrogen and oxygen atoms in total. The molecule has 0 aliphatic heterocycles. The lowest BCUT2D eigenvalue weighted by Gasteiger charge is -2.10. The number of aromatic nitrogens is 2. The summed E-state index contributed by atoms with van der Waals surface area (Å²) < 4.78 is 25.4. The van der Waals surface area contributed by atoms with Crippen molar-refractivity contribution in [1.82, 2.24) is 15.1 Å². The number of nitrogens with one attached hydrogen (secondary N) is 1. The number of carbonyl (C=O) groups excluding carboxylic acids is 1. The fourth-order valence-electron chi connectivity index (χ4n) is 1.30. The number of hydrogen-bond acceptors (Lipinski definition) is 3. The van der Waals surface area contributed by atoms with E-state index in [1.165, 1.54) is 6.20 Å². The van der Waals surface area contributed by atoms with Gasteiger partial charge in [0.2, 0.25) is 0 Å². The van der Waals surface area contributed by atoms with Gasteiger partial charge in [0.15, 0.2) is 0 Å². The Bertz CT molecular complexity index is 390. The van der Waals surface area contributed by atoms with Crippen molar-refractivity contribution in [2.24, 2.45) is 5.92 Å². The normalized spacial score (nSPS) is 11.2. The van der Waals surface area contributed by atoms with Crippen LogP contribution in [0.4, 0.5) is 14.5 Å². The molecule has 1 amide bonds. The van der Waals surface area contributed by atoms with Gasteiger partial charge >= 0.3 is 0 Å². The number of amides is 1. The molecule has 0 spiro atoms. The van der Waals surface area contributed by atoms with Crippen molar-refractivity contribution in [1.29, 1.82) is 0 Å². The Morgan fingerprint density at radius 1 is 1.59 bits per heavy atom. The molecule has 1 rings (SSSR count). The first kappa shape index (κ1) is 13.4. The van der Waals surface area contributed by atoms with E-state index in [0.29, 0.717) is 6.54 Å². The molecule has 1 heterocycles. The molecule has 0 fully saturated rings. The van der Waals surface area contributed by atoms with Crippen molar-refractivity contribution >= 4 is 11.6 Å². The number of rotatable bonds is 5. The maximum absolute atomic E-state index is 12.3. The average Bonchev–Trinajstić information content (AvgIpc) is 2.55. The molecule has 1 aromatic heterocycles. The molecule has 17 heavy (non-hydrogen) atoms. The summed E-state index contributed by atoms with van der Waals surface area (Å²) >= 11 is 0. The van der Waals surface area contributed by atoms with Crippen molar-refractivity contribution < 1.29 is 13.6 Å². The average molecular weight is 246 g/mol. The number of halogens is 2. The first-order valence-corrected chi connectivity index (χ1v) is 5.29. The van der Waals surface area contributed by atoms with Crippen LogP contribution in [0, 0.1) is 5.92 Å². The molecular formula is C10H16F2N4O. The summed E-state index contributed by atoms with van der Waals surface area (Å²) in [6, 6.07) is 0. The zero-order chi connectivity index (χ0) is 13.0. The summed E-state index contributed by atoms with van der Waals surface area (Å²) in [5.74, 6) is -0.207. The van der Waals surface area contributed by atoms with Crippen LogP contribution in [-0.4, -0.2) is 28.7 Å². The summed E-state index contributed by atoms with van der Waals surface area (Å²) in [7, 11) is 0. The van der Waals surface area contributed by atoms with E-state index in [2.05, 4.69) is 10.4 Å². The van der Waals surface area contributed by atoms with Gasteiger partial charge in [0.05, 0.1) is 11.9 Å². The van der Waals surface area contributed by atoms with Crippen molar-refractivity contribution in [3.05, 3.63) is 11.9 Å². The first-order valence-electron chi connectivity index (χ1n) is 5.29. The summed E-state index contributed by atoms with van der Waals surface area (Å²) in [6.07, 6.45) is -1.38. The molecule has 0 aliphatic rings. The fourth-order valence-corrected chi connectivity index (χ4v) is 1.30. The monoisotopic (exact) mass is 246 g/mol. The second-order valence-electron chi connectivity index (χ2n) is 4.13. The van der Waals surface area contributed by atoms with Crippen LogP contribution in [0.15, 0.2) is 6.20 Å². The highest BCUT2D eigenvalue weighted by atomic mass is 19.3. The molecule has 3 N–H and O–H groups in total. The third-order valence-electron chi connectivity index (χ3n) is 2.06. The molecule has 0 aliphatic carbocycles. The smallest absolute Gasteiger partial charge is 0.271 e. The second kappa shape index (κ2) is 5.60. The number of nitrogens with two attached hydrogens (primary N) is 1. The van der Waals surface area contributed by atoms with Gasteiger partial charge in [-0.2, -0.15) is 5.10 Å². The maximum Gasteiger partial charge on any atom is 0.271 e. The van der Waals surface area contributed by atoms with Crippen LogP contribution in [0.3, 0.4) is 0 Å². The Hall–Kier alpha value is -1.66. The van der Waals surface area contributed by atoms with E-state index in [1.54, 1.807) is 0 Å². The van der Waals surface area contributed by atoms with Gasteiger partial charge < -0.3 is 11.1 Å². The summed E-state index contributed by atoms with van der Waals surface area (Å²) in [4.78, 5) is 11.7. The van der Waals surface area contributed by atoms with Crippen molar-refractivity contribution in [3.8, 4) is 0 Å². The quantitative estimate of drug-likeness (QED) is 0.817. The van der Waals surface area contributed by atoms with Crippen molar-refractivity contribution in [2.75, 3.05) is 12.3 Å². The topological polar surface area (TPSA) is 72.9 Å². The van der Waals surface area contributed by atoms with Crippen LogP contribution in [0.25, 0.3) is 0 Å². The van der Waals surface area contributed by atoms with Gasteiger partial charge in [-0.1, -0.05) is 13.8 Å². The minimum atomic E-state index is -2.58. The number of nitrogens with zero attached hydrogens (tertiary/aromatic N) is 2. The predicted octanol–water partition coefficient (Wildman–Crippen LogP) is 1.12. The number of alkyl halides is 2. The van der Waals surface area contributed by atoms with Gasteiger partial charge in [-0.05, 0) is 5.92 Å². The highest BCUT2D eigenvalue weighted by Crippen LogP contribution is 2.12. The lowest BCUT2D eigenvalue weighted by atomic mass is 10.2. The van der Waals surface area contributed by atoms with Crippen molar-refractivity contribution in [2.45, 2.75) is 26.8 Å².